The lowest BCUT2D eigenvalue weighted by Crippen LogP contribution is -2.38. The van der Waals surface area contributed by atoms with Crippen molar-refractivity contribution in [2.45, 2.75) is 12.8 Å². The first kappa shape index (κ1) is 21.0. The van der Waals surface area contributed by atoms with Gasteiger partial charge in [-0.05, 0) is 42.3 Å². The van der Waals surface area contributed by atoms with Gasteiger partial charge < -0.3 is 19.9 Å². The number of amides is 2. The van der Waals surface area contributed by atoms with Gasteiger partial charge in [0, 0.05) is 49.8 Å². The van der Waals surface area contributed by atoms with Gasteiger partial charge in [-0.3, -0.25) is 0 Å². The van der Waals surface area contributed by atoms with E-state index in [-0.39, 0.29) is 11.8 Å². The fourth-order valence-electron chi connectivity index (χ4n) is 3.49. The zero-order valence-electron chi connectivity index (χ0n) is 17.3. The molecule has 0 aliphatic carbocycles. The molecule has 3 aromatic rings. The van der Waals surface area contributed by atoms with E-state index in [1.807, 2.05) is 24.3 Å². The Morgan fingerprint density at radius 1 is 1.16 bits per heavy atom. The minimum Gasteiger partial charge on any atom is -0.497 e. The number of hydrogen-bond donors (Lipinski definition) is 1. The molecule has 2 amide bonds. The van der Waals surface area contributed by atoms with Gasteiger partial charge in [0.1, 0.15) is 17.4 Å². The van der Waals surface area contributed by atoms with Crippen molar-refractivity contribution in [2.24, 2.45) is 0 Å². The number of rotatable bonds is 5. The van der Waals surface area contributed by atoms with E-state index in [1.54, 1.807) is 24.1 Å². The van der Waals surface area contributed by atoms with Crippen LogP contribution in [0, 0.1) is 5.82 Å². The largest absolute Gasteiger partial charge is 0.497 e. The van der Waals surface area contributed by atoms with Gasteiger partial charge in [0.2, 0.25) is 5.13 Å². The van der Waals surface area contributed by atoms with Crippen molar-refractivity contribution in [2.75, 3.05) is 43.5 Å². The molecule has 1 saturated heterocycles. The molecule has 1 aliphatic rings. The Bertz CT molecular complexity index is 1040. The van der Waals surface area contributed by atoms with Crippen molar-refractivity contribution in [3.63, 3.8) is 0 Å². The third-order valence-electron chi connectivity index (χ3n) is 5.08. The third-order valence-corrected chi connectivity index (χ3v) is 5.90. The highest BCUT2D eigenvalue weighted by Crippen LogP contribution is 2.22. The van der Waals surface area contributed by atoms with Crippen LogP contribution in [-0.4, -0.2) is 53.6 Å². The highest BCUT2D eigenvalue weighted by atomic mass is 32.1. The van der Waals surface area contributed by atoms with Crippen molar-refractivity contribution in [3.8, 4) is 5.75 Å². The Balaban J connectivity index is 1.35. The van der Waals surface area contributed by atoms with Crippen LogP contribution in [0.3, 0.4) is 0 Å². The van der Waals surface area contributed by atoms with Crippen LogP contribution in [0.2, 0.25) is 0 Å². The summed E-state index contributed by atoms with van der Waals surface area (Å²) in [6.45, 7) is 2.67. The summed E-state index contributed by atoms with van der Waals surface area (Å²) in [4.78, 5) is 21.2. The lowest BCUT2D eigenvalue weighted by molar-refractivity contribution is 0.215. The molecule has 1 fully saturated rings. The summed E-state index contributed by atoms with van der Waals surface area (Å²) in [5, 5.41) is 3.63. The molecule has 2 heterocycles. The van der Waals surface area contributed by atoms with Crippen molar-refractivity contribution in [1.29, 1.82) is 0 Å². The number of halogens is 1. The van der Waals surface area contributed by atoms with Crippen molar-refractivity contribution < 1.29 is 13.9 Å². The van der Waals surface area contributed by atoms with Crippen molar-refractivity contribution in [1.82, 2.24) is 14.3 Å². The fraction of sp³-hybridized carbons (Fsp3) is 0.318. The maximum Gasteiger partial charge on any atom is 0.321 e. The molecule has 1 N–H and O–H groups in total. The summed E-state index contributed by atoms with van der Waals surface area (Å²) in [5.74, 6) is 1.22. The molecule has 31 heavy (non-hydrogen) atoms. The number of carbonyl (C=O) groups excluding carboxylic acids is 1. The SMILES string of the molecule is COc1cccc(Cc2nsc(N3CCCN(C(=O)Nc4cccc(F)c4)CC3)n2)c1. The van der Waals surface area contributed by atoms with E-state index < -0.39 is 0 Å². The van der Waals surface area contributed by atoms with E-state index in [0.29, 0.717) is 31.7 Å². The molecular weight excluding hydrogens is 417 g/mol. The molecule has 1 aromatic heterocycles. The minimum atomic E-state index is -0.374. The Morgan fingerprint density at radius 2 is 2.03 bits per heavy atom. The van der Waals surface area contributed by atoms with Crippen molar-refractivity contribution >= 4 is 28.4 Å². The fourth-order valence-corrected chi connectivity index (χ4v) is 4.23. The normalized spacial score (nSPS) is 14.3. The molecule has 1 aliphatic heterocycles. The molecule has 0 bridgehead atoms. The number of anilines is 2. The third kappa shape index (κ3) is 5.49. The molecule has 0 radical (unpaired) electrons. The van der Waals surface area contributed by atoms with Crippen LogP contribution in [0.25, 0.3) is 0 Å². The molecule has 0 saturated carbocycles. The predicted molar refractivity (Wildman–Crippen MR) is 120 cm³/mol. The van der Waals surface area contributed by atoms with Gasteiger partial charge in [-0.15, -0.1) is 0 Å². The van der Waals surface area contributed by atoms with Gasteiger partial charge in [0.15, 0.2) is 0 Å². The van der Waals surface area contributed by atoms with Crippen LogP contribution >= 0.6 is 11.5 Å². The topological polar surface area (TPSA) is 70.6 Å². The number of nitrogens with zero attached hydrogens (tertiary/aromatic N) is 4. The molecule has 0 atom stereocenters. The Kier molecular flexibility index (Phi) is 6.61. The van der Waals surface area contributed by atoms with Gasteiger partial charge in [-0.1, -0.05) is 18.2 Å². The van der Waals surface area contributed by atoms with Crippen LogP contribution < -0.4 is 15.0 Å². The summed E-state index contributed by atoms with van der Waals surface area (Å²) in [6, 6.07) is 13.6. The molecule has 2 aromatic carbocycles. The summed E-state index contributed by atoms with van der Waals surface area (Å²) in [5.41, 5.74) is 1.55. The molecular formula is C22H24FN5O2S. The molecule has 9 heteroatoms. The quantitative estimate of drug-likeness (QED) is 0.648. The second-order valence-electron chi connectivity index (χ2n) is 7.29. The lowest BCUT2D eigenvalue weighted by atomic mass is 10.1. The Labute approximate surface area is 184 Å². The minimum absolute atomic E-state index is 0.219. The second kappa shape index (κ2) is 9.74. The maximum absolute atomic E-state index is 13.4. The Hall–Kier alpha value is -3.20. The first-order valence-electron chi connectivity index (χ1n) is 10.1. The van der Waals surface area contributed by atoms with Gasteiger partial charge in [0.25, 0.3) is 0 Å². The number of hydrogen-bond acceptors (Lipinski definition) is 6. The number of urea groups is 1. The average Bonchev–Trinajstić information content (AvgIpc) is 3.08. The maximum atomic E-state index is 13.4. The summed E-state index contributed by atoms with van der Waals surface area (Å²) in [7, 11) is 1.65. The van der Waals surface area contributed by atoms with E-state index in [4.69, 9.17) is 9.72 Å². The standard InChI is InChI=1S/C22H24FN5O2S/c1-30-19-8-2-5-16(13-19)14-20-25-22(31-26-20)28-10-4-9-27(11-12-28)21(29)24-18-7-3-6-17(23)15-18/h2-3,5-8,13,15H,4,9-12,14H2,1H3,(H,24,29). The molecule has 7 nitrogen and oxygen atoms in total. The summed E-state index contributed by atoms with van der Waals surface area (Å²) < 4.78 is 23.1. The second-order valence-corrected chi connectivity index (χ2v) is 8.02. The van der Waals surface area contributed by atoms with Crippen LogP contribution in [0.4, 0.5) is 20.0 Å². The number of nitrogens with one attached hydrogen (secondary N) is 1. The number of benzene rings is 2. The highest BCUT2D eigenvalue weighted by Gasteiger charge is 2.21. The number of carbonyl (C=O) groups is 1. The molecule has 162 valence electrons. The first-order valence-corrected chi connectivity index (χ1v) is 10.9. The zero-order valence-corrected chi connectivity index (χ0v) is 18.1. The van der Waals surface area contributed by atoms with Gasteiger partial charge >= 0.3 is 6.03 Å². The predicted octanol–water partition coefficient (Wildman–Crippen LogP) is 4.02. The van der Waals surface area contributed by atoms with E-state index in [0.717, 1.165) is 35.2 Å². The van der Waals surface area contributed by atoms with Crippen molar-refractivity contribution in [3.05, 3.63) is 65.7 Å². The van der Waals surface area contributed by atoms with E-state index in [9.17, 15) is 9.18 Å². The number of ether oxygens (including phenoxy) is 1. The van der Waals surface area contributed by atoms with Gasteiger partial charge in [-0.25, -0.2) is 14.2 Å². The van der Waals surface area contributed by atoms with Crippen LogP contribution in [-0.2, 0) is 6.42 Å². The number of methoxy groups -OCH3 is 1. The van der Waals surface area contributed by atoms with E-state index >= 15 is 0 Å². The molecule has 0 unspecified atom stereocenters. The highest BCUT2D eigenvalue weighted by molar-refractivity contribution is 7.09. The van der Waals surface area contributed by atoms with Crippen LogP contribution in [0.1, 0.15) is 17.8 Å². The summed E-state index contributed by atoms with van der Waals surface area (Å²) >= 11 is 1.38. The van der Waals surface area contributed by atoms with Gasteiger partial charge in [-0.2, -0.15) is 4.37 Å². The van der Waals surface area contributed by atoms with E-state index in [1.165, 1.54) is 23.7 Å². The molecule has 0 spiro atoms. The lowest BCUT2D eigenvalue weighted by Gasteiger charge is -2.22. The monoisotopic (exact) mass is 441 g/mol. The summed E-state index contributed by atoms with van der Waals surface area (Å²) in [6.07, 6.45) is 1.46. The van der Waals surface area contributed by atoms with Gasteiger partial charge in [0.05, 0.1) is 7.11 Å². The average molecular weight is 442 g/mol. The van der Waals surface area contributed by atoms with Crippen LogP contribution in [0.15, 0.2) is 48.5 Å². The van der Waals surface area contributed by atoms with E-state index in [2.05, 4.69) is 14.6 Å². The smallest absolute Gasteiger partial charge is 0.321 e. The Morgan fingerprint density at radius 3 is 2.87 bits per heavy atom. The van der Waals surface area contributed by atoms with Crippen LogP contribution in [0.5, 0.6) is 5.75 Å². The first-order chi connectivity index (χ1) is 15.1. The zero-order chi connectivity index (χ0) is 21.6. The molecule has 4 rings (SSSR count). The number of aromatic nitrogens is 2.